The van der Waals surface area contributed by atoms with E-state index in [1.165, 1.54) is 22.9 Å². The number of urea groups is 1. The average Bonchev–Trinajstić information content (AvgIpc) is 3.27. The summed E-state index contributed by atoms with van der Waals surface area (Å²) in [6.45, 7) is 6.25. The SMILES string of the molecule is CCOC(=O)C(=CNc1ccc(N(C(=O)Nc2ccccc2)C2=NC[C@@H](C)S2)cc1)C(=O)OCC. The van der Waals surface area contributed by atoms with Crippen molar-refractivity contribution in [2.45, 2.75) is 26.0 Å². The summed E-state index contributed by atoms with van der Waals surface area (Å²) in [6, 6.07) is 15.8. The van der Waals surface area contributed by atoms with E-state index in [0.29, 0.717) is 28.8 Å². The maximum Gasteiger partial charge on any atom is 0.347 e. The number of carbonyl (C=O) groups excluding carboxylic acids is 3. The minimum Gasteiger partial charge on any atom is -0.462 e. The maximum atomic E-state index is 13.2. The Balaban J connectivity index is 1.81. The number of para-hydroxylation sites is 1. The van der Waals surface area contributed by atoms with E-state index in [9.17, 15) is 14.4 Å². The lowest BCUT2D eigenvalue weighted by Gasteiger charge is -2.23. The summed E-state index contributed by atoms with van der Waals surface area (Å²) in [7, 11) is 0. The first-order valence-electron chi connectivity index (χ1n) is 11.2. The molecule has 2 aromatic carbocycles. The van der Waals surface area contributed by atoms with Gasteiger partial charge in [0.15, 0.2) is 10.7 Å². The van der Waals surface area contributed by atoms with Crippen molar-refractivity contribution in [2.24, 2.45) is 4.99 Å². The smallest absolute Gasteiger partial charge is 0.347 e. The highest BCUT2D eigenvalue weighted by atomic mass is 32.2. The summed E-state index contributed by atoms with van der Waals surface area (Å²) in [6.07, 6.45) is 1.25. The van der Waals surface area contributed by atoms with Gasteiger partial charge in [-0.1, -0.05) is 36.9 Å². The molecule has 0 aliphatic carbocycles. The minimum absolute atomic E-state index is 0.131. The van der Waals surface area contributed by atoms with Gasteiger partial charge in [0.25, 0.3) is 0 Å². The molecule has 0 saturated carbocycles. The second-order valence-corrected chi connectivity index (χ2v) is 8.78. The lowest BCUT2D eigenvalue weighted by molar-refractivity contribution is -0.146. The highest BCUT2D eigenvalue weighted by molar-refractivity contribution is 8.15. The molecule has 2 aromatic rings. The Morgan fingerprint density at radius 1 is 1.00 bits per heavy atom. The molecule has 0 radical (unpaired) electrons. The molecule has 0 saturated heterocycles. The number of rotatable bonds is 8. The second kappa shape index (κ2) is 12.6. The fraction of sp³-hybridized carbons (Fsp3) is 0.280. The molecule has 184 valence electrons. The number of aliphatic imine (C=N–C) groups is 1. The van der Waals surface area contributed by atoms with Crippen LogP contribution in [-0.4, -0.2) is 48.1 Å². The molecule has 1 aliphatic rings. The number of hydrogen-bond acceptors (Lipinski definition) is 8. The Morgan fingerprint density at radius 3 is 2.17 bits per heavy atom. The van der Waals surface area contributed by atoms with Crippen molar-refractivity contribution in [3.63, 3.8) is 0 Å². The van der Waals surface area contributed by atoms with Crippen molar-refractivity contribution in [2.75, 3.05) is 35.3 Å². The zero-order valence-electron chi connectivity index (χ0n) is 19.8. The summed E-state index contributed by atoms with van der Waals surface area (Å²) in [5.41, 5.74) is 1.64. The molecule has 0 bridgehead atoms. The van der Waals surface area contributed by atoms with Gasteiger partial charge in [0, 0.05) is 22.8 Å². The van der Waals surface area contributed by atoms with E-state index in [0.717, 1.165) is 0 Å². The standard InChI is InChI=1S/C25H28N4O5S/c1-4-33-22(30)21(23(31)34-5-2)16-26-18-11-13-20(14-12-18)29(25-27-15-17(3)35-25)24(32)28-19-9-7-6-8-10-19/h6-14,16-17,26H,4-5,15H2,1-3H3,(H,28,32)/t17-/m1/s1. The Kier molecular flexibility index (Phi) is 9.31. The van der Waals surface area contributed by atoms with Crippen LogP contribution >= 0.6 is 11.8 Å². The Bertz CT molecular complexity index is 1080. The zero-order valence-corrected chi connectivity index (χ0v) is 20.6. The topological polar surface area (TPSA) is 109 Å². The van der Waals surface area contributed by atoms with E-state index >= 15 is 0 Å². The fourth-order valence-electron chi connectivity index (χ4n) is 3.08. The third-order valence-corrected chi connectivity index (χ3v) is 5.78. The second-order valence-electron chi connectivity index (χ2n) is 7.37. The van der Waals surface area contributed by atoms with Crippen molar-refractivity contribution in [1.82, 2.24) is 0 Å². The molecular formula is C25H28N4O5S. The van der Waals surface area contributed by atoms with Gasteiger partial charge in [-0.3, -0.25) is 4.99 Å². The predicted molar refractivity (Wildman–Crippen MR) is 139 cm³/mol. The summed E-state index contributed by atoms with van der Waals surface area (Å²) in [5.74, 6) is -1.55. The Labute approximate surface area is 208 Å². The van der Waals surface area contributed by atoms with Crippen LogP contribution in [0, 0.1) is 0 Å². The molecular weight excluding hydrogens is 468 g/mol. The third-order valence-electron chi connectivity index (χ3n) is 4.71. The number of nitrogens with zero attached hydrogens (tertiary/aromatic N) is 2. The first-order valence-corrected chi connectivity index (χ1v) is 12.1. The van der Waals surface area contributed by atoms with Crippen LogP contribution in [-0.2, 0) is 19.1 Å². The molecule has 0 aromatic heterocycles. The van der Waals surface area contributed by atoms with Crippen molar-refractivity contribution in [3.8, 4) is 0 Å². The molecule has 35 heavy (non-hydrogen) atoms. The van der Waals surface area contributed by atoms with Crippen LogP contribution in [0.25, 0.3) is 0 Å². The van der Waals surface area contributed by atoms with Gasteiger partial charge in [-0.05, 0) is 50.2 Å². The van der Waals surface area contributed by atoms with Crippen LogP contribution in [0.4, 0.5) is 21.9 Å². The van der Waals surface area contributed by atoms with Gasteiger partial charge in [0.1, 0.15) is 0 Å². The molecule has 2 amide bonds. The highest BCUT2D eigenvalue weighted by Crippen LogP contribution is 2.29. The minimum atomic E-state index is -0.774. The third kappa shape index (κ3) is 7.10. The van der Waals surface area contributed by atoms with Crippen LogP contribution < -0.4 is 15.5 Å². The lowest BCUT2D eigenvalue weighted by atomic mass is 10.2. The number of anilines is 3. The molecule has 3 rings (SSSR count). The molecule has 1 atom stereocenters. The number of ether oxygens (including phenoxy) is 2. The first kappa shape index (κ1) is 25.8. The van der Waals surface area contributed by atoms with E-state index in [-0.39, 0.29) is 30.1 Å². The van der Waals surface area contributed by atoms with Crippen LogP contribution in [0.2, 0.25) is 0 Å². The molecule has 0 spiro atoms. The molecule has 1 heterocycles. The van der Waals surface area contributed by atoms with Crippen LogP contribution in [0.15, 0.2) is 71.4 Å². The van der Waals surface area contributed by atoms with Gasteiger partial charge in [-0.2, -0.15) is 0 Å². The first-order chi connectivity index (χ1) is 16.9. The van der Waals surface area contributed by atoms with Crippen LogP contribution in [0.1, 0.15) is 20.8 Å². The van der Waals surface area contributed by atoms with E-state index in [1.54, 1.807) is 38.1 Å². The number of benzene rings is 2. The summed E-state index contributed by atoms with van der Waals surface area (Å²) in [4.78, 5) is 43.5. The van der Waals surface area contributed by atoms with Gasteiger partial charge in [-0.15, -0.1) is 0 Å². The predicted octanol–water partition coefficient (Wildman–Crippen LogP) is 4.64. The van der Waals surface area contributed by atoms with Crippen molar-refractivity contribution >= 4 is 52.0 Å². The van der Waals surface area contributed by atoms with Crippen LogP contribution in [0.3, 0.4) is 0 Å². The maximum absolute atomic E-state index is 13.2. The van der Waals surface area contributed by atoms with Crippen molar-refractivity contribution in [1.29, 1.82) is 0 Å². The number of thioether (sulfide) groups is 1. The molecule has 0 fully saturated rings. The summed E-state index contributed by atoms with van der Waals surface area (Å²) in [5, 5.41) is 6.70. The number of esters is 2. The molecule has 2 N–H and O–H groups in total. The summed E-state index contributed by atoms with van der Waals surface area (Å²) >= 11 is 1.53. The normalized spacial score (nSPS) is 14.4. The fourth-order valence-corrected chi connectivity index (χ4v) is 4.03. The van der Waals surface area contributed by atoms with Gasteiger partial charge < -0.3 is 20.1 Å². The Hall–Kier alpha value is -3.79. The Morgan fingerprint density at radius 2 is 1.63 bits per heavy atom. The van der Waals surface area contributed by atoms with Crippen molar-refractivity contribution < 1.29 is 23.9 Å². The number of carbonyl (C=O) groups is 3. The number of nitrogens with one attached hydrogen (secondary N) is 2. The van der Waals surface area contributed by atoms with Gasteiger partial charge >= 0.3 is 18.0 Å². The quantitative estimate of drug-likeness (QED) is 0.237. The van der Waals surface area contributed by atoms with Crippen molar-refractivity contribution in [3.05, 3.63) is 66.4 Å². The average molecular weight is 497 g/mol. The summed E-state index contributed by atoms with van der Waals surface area (Å²) < 4.78 is 9.87. The van der Waals surface area contributed by atoms with E-state index in [2.05, 4.69) is 22.5 Å². The zero-order chi connectivity index (χ0) is 25.2. The molecule has 0 unspecified atom stereocenters. The number of amides is 2. The number of hydrogen-bond donors (Lipinski definition) is 2. The largest absolute Gasteiger partial charge is 0.462 e. The molecule has 1 aliphatic heterocycles. The molecule has 9 nitrogen and oxygen atoms in total. The number of amidine groups is 1. The van der Waals surface area contributed by atoms with Gasteiger partial charge in [0.05, 0.1) is 25.4 Å². The van der Waals surface area contributed by atoms with Gasteiger partial charge in [0.2, 0.25) is 0 Å². The van der Waals surface area contributed by atoms with E-state index < -0.39 is 11.9 Å². The van der Waals surface area contributed by atoms with Gasteiger partial charge in [-0.25, -0.2) is 19.3 Å². The monoisotopic (exact) mass is 496 g/mol. The van der Waals surface area contributed by atoms with Crippen LogP contribution in [0.5, 0.6) is 0 Å². The highest BCUT2D eigenvalue weighted by Gasteiger charge is 2.27. The molecule has 10 heteroatoms. The lowest BCUT2D eigenvalue weighted by Crippen LogP contribution is -2.38. The van der Waals surface area contributed by atoms with E-state index in [1.807, 2.05) is 30.3 Å². The van der Waals surface area contributed by atoms with E-state index in [4.69, 9.17) is 9.47 Å².